The molecular formula is C33H40N2. The molecule has 5 rings (SSSR count). The molecule has 1 aromatic heterocycles. The number of hydrogen-bond donors (Lipinski definition) is 0. The van der Waals surface area contributed by atoms with E-state index in [1.165, 1.54) is 45.5 Å². The molecule has 0 saturated heterocycles. The summed E-state index contributed by atoms with van der Waals surface area (Å²) < 4.78 is 2.56. The highest BCUT2D eigenvalue weighted by Gasteiger charge is 2.38. The third-order valence-corrected chi connectivity index (χ3v) is 7.46. The van der Waals surface area contributed by atoms with E-state index >= 15 is 0 Å². The topological polar surface area (TPSA) is 17.3 Å². The van der Waals surface area contributed by atoms with E-state index < -0.39 is 0 Å². The molecular weight excluding hydrogens is 424 g/mol. The summed E-state index contributed by atoms with van der Waals surface area (Å²) in [5.74, 6) is 1.80. The lowest BCUT2D eigenvalue weighted by atomic mass is 9.71. The van der Waals surface area contributed by atoms with Crippen molar-refractivity contribution in [3.63, 3.8) is 0 Å². The third kappa shape index (κ3) is 5.12. The number of benzene rings is 2. The average molecular weight is 465 g/mol. The summed E-state index contributed by atoms with van der Waals surface area (Å²) in [6.45, 7) is 10.7. The van der Waals surface area contributed by atoms with Crippen LogP contribution in [0.15, 0.2) is 84.0 Å². The van der Waals surface area contributed by atoms with Crippen molar-refractivity contribution in [3.8, 4) is 0 Å². The summed E-state index contributed by atoms with van der Waals surface area (Å²) in [6, 6.07) is 20.7. The van der Waals surface area contributed by atoms with Gasteiger partial charge in [-0.15, -0.1) is 0 Å². The maximum absolute atomic E-state index is 4.36. The molecule has 2 aromatic carbocycles. The number of allylic oxidation sites excluding steroid dienone is 4. The monoisotopic (exact) mass is 464 g/mol. The average Bonchev–Trinajstić information content (AvgIpc) is 3.34. The first-order valence-corrected chi connectivity index (χ1v) is 13.2. The molecule has 2 heteroatoms. The lowest BCUT2D eigenvalue weighted by Crippen LogP contribution is -2.33. The van der Waals surface area contributed by atoms with Crippen molar-refractivity contribution in [1.29, 1.82) is 0 Å². The van der Waals surface area contributed by atoms with Crippen LogP contribution in [0.4, 0.5) is 0 Å². The fraction of sp³-hybridized carbons (Fsp3) is 0.364. The van der Waals surface area contributed by atoms with Gasteiger partial charge < -0.3 is 4.57 Å². The zero-order valence-electron chi connectivity index (χ0n) is 22.2. The van der Waals surface area contributed by atoms with Gasteiger partial charge in [-0.05, 0) is 67.0 Å². The first-order valence-electron chi connectivity index (χ1n) is 13.2. The second-order valence-electron chi connectivity index (χ2n) is 9.86. The lowest BCUT2D eigenvalue weighted by Gasteiger charge is -2.42. The Bertz CT molecular complexity index is 1220. The summed E-state index contributed by atoms with van der Waals surface area (Å²) in [7, 11) is 1.85. The molecule has 0 spiro atoms. The molecule has 4 atom stereocenters. The Morgan fingerprint density at radius 2 is 1.74 bits per heavy atom. The highest BCUT2D eigenvalue weighted by Crippen LogP contribution is 2.48. The summed E-state index contributed by atoms with van der Waals surface area (Å²) >= 11 is 0. The molecule has 2 nitrogen and oxygen atoms in total. The molecule has 2 bridgehead atoms. The number of aromatic nitrogens is 1. The molecule has 3 unspecified atom stereocenters. The van der Waals surface area contributed by atoms with E-state index in [0.717, 1.165) is 6.42 Å². The Labute approximate surface area is 212 Å². The van der Waals surface area contributed by atoms with E-state index in [2.05, 4.69) is 109 Å². The van der Waals surface area contributed by atoms with Gasteiger partial charge in [-0.25, -0.2) is 0 Å². The summed E-state index contributed by atoms with van der Waals surface area (Å²) in [4.78, 5) is 4.36. The molecule has 182 valence electrons. The van der Waals surface area contributed by atoms with Crippen LogP contribution in [0, 0.1) is 25.7 Å². The van der Waals surface area contributed by atoms with Crippen LogP contribution in [0.1, 0.15) is 72.7 Å². The van der Waals surface area contributed by atoms with Gasteiger partial charge in [0.15, 0.2) is 0 Å². The number of nitrogens with zero attached hydrogens (tertiary/aromatic N) is 2. The molecule has 2 aliphatic rings. The zero-order valence-corrected chi connectivity index (χ0v) is 22.2. The third-order valence-electron chi connectivity index (χ3n) is 7.46. The van der Waals surface area contributed by atoms with Crippen LogP contribution in [0.5, 0.6) is 0 Å². The molecule has 1 aliphatic carbocycles. The van der Waals surface area contributed by atoms with Crippen molar-refractivity contribution >= 4 is 11.8 Å². The quantitative estimate of drug-likeness (QED) is 0.267. The first-order chi connectivity index (χ1) is 17.0. The smallest absolute Gasteiger partial charge is 0.0648 e. The van der Waals surface area contributed by atoms with Gasteiger partial charge in [0.1, 0.15) is 0 Å². The minimum absolute atomic E-state index is 0.365. The molecule has 0 radical (unpaired) electrons. The minimum atomic E-state index is 0.365. The fourth-order valence-corrected chi connectivity index (χ4v) is 5.98. The van der Waals surface area contributed by atoms with Crippen LogP contribution in [0.2, 0.25) is 0 Å². The minimum Gasteiger partial charge on any atom is -0.343 e. The van der Waals surface area contributed by atoms with Gasteiger partial charge in [-0.1, -0.05) is 92.6 Å². The van der Waals surface area contributed by atoms with Crippen molar-refractivity contribution < 1.29 is 0 Å². The largest absolute Gasteiger partial charge is 0.343 e. The summed E-state index contributed by atoms with van der Waals surface area (Å²) in [5, 5.41) is 0. The molecule has 2 heterocycles. The molecule has 0 fully saturated rings. The van der Waals surface area contributed by atoms with Gasteiger partial charge in [0, 0.05) is 37.0 Å². The van der Waals surface area contributed by atoms with Gasteiger partial charge in [-0.2, -0.15) is 0 Å². The number of rotatable bonds is 5. The van der Waals surface area contributed by atoms with Gasteiger partial charge >= 0.3 is 0 Å². The molecule has 3 aromatic rings. The number of hydrogen-bond acceptors (Lipinski definition) is 1. The van der Waals surface area contributed by atoms with Crippen molar-refractivity contribution in [2.24, 2.45) is 16.8 Å². The second kappa shape index (κ2) is 11.1. The molecule has 0 N–H and O–H groups in total. The van der Waals surface area contributed by atoms with Gasteiger partial charge in [0.05, 0.1) is 6.04 Å². The maximum atomic E-state index is 4.36. The van der Waals surface area contributed by atoms with Crippen molar-refractivity contribution in [1.82, 2.24) is 4.57 Å². The predicted molar refractivity (Wildman–Crippen MR) is 152 cm³/mol. The lowest BCUT2D eigenvalue weighted by molar-refractivity contribution is 0.281. The SMILES string of the molecule is CC.CN=C/C(=C\Cc1ccccc1[C@H]1C2C=CC(C)C(C2)c2cccn21)c1cc(C)cc(C)c1. The Hall–Kier alpha value is -3.13. The van der Waals surface area contributed by atoms with E-state index in [4.69, 9.17) is 0 Å². The normalized spacial score (nSPS) is 23.1. The molecule has 35 heavy (non-hydrogen) atoms. The van der Waals surface area contributed by atoms with E-state index in [1.54, 1.807) is 0 Å². The highest BCUT2D eigenvalue weighted by molar-refractivity contribution is 6.09. The van der Waals surface area contributed by atoms with Crippen LogP contribution in [-0.2, 0) is 6.42 Å². The van der Waals surface area contributed by atoms with Crippen molar-refractivity contribution in [2.45, 2.75) is 59.4 Å². The summed E-state index contributed by atoms with van der Waals surface area (Å²) in [6.07, 6.45) is 13.7. The van der Waals surface area contributed by atoms with Crippen molar-refractivity contribution in [2.75, 3.05) is 7.05 Å². The van der Waals surface area contributed by atoms with Gasteiger partial charge in [0.25, 0.3) is 0 Å². The van der Waals surface area contributed by atoms with E-state index in [-0.39, 0.29) is 0 Å². The predicted octanol–water partition coefficient (Wildman–Crippen LogP) is 8.36. The van der Waals surface area contributed by atoms with Crippen LogP contribution < -0.4 is 0 Å². The standard InChI is InChI=1S/C31H34N2.C2H6/c1-21-16-22(2)18-27(17-21)26(20-32-4)14-13-24-8-5-6-9-28(24)31-25-12-11-23(3)29(19-25)30-10-7-15-33(30)31;1-2/h5-12,14-18,20,23,25,29,31H,13,19H2,1-4H3;1-2H3/b26-14+,32-20?;/t23?,25?,29?,31-;/m1./s1. The van der Waals surface area contributed by atoms with Crippen LogP contribution >= 0.6 is 0 Å². The van der Waals surface area contributed by atoms with Crippen molar-refractivity contribution in [3.05, 3.63) is 113 Å². The Kier molecular flexibility index (Phi) is 7.90. The highest BCUT2D eigenvalue weighted by atomic mass is 15.0. The molecule has 0 saturated carbocycles. The Morgan fingerprint density at radius 3 is 2.49 bits per heavy atom. The van der Waals surface area contributed by atoms with E-state index in [9.17, 15) is 0 Å². The number of aliphatic imine (C=N–C) groups is 1. The second-order valence-corrected chi connectivity index (χ2v) is 9.86. The number of fused-ring (bicyclic) bond motifs is 4. The van der Waals surface area contributed by atoms with Gasteiger partial charge in [0.2, 0.25) is 0 Å². The van der Waals surface area contributed by atoms with Crippen LogP contribution in [0.3, 0.4) is 0 Å². The van der Waals surface area contributed by atoms with E-state index in [0.29, 0.717) is 23.8 Å². The summed E-state index contributed by atoms with van der Waals surface area (Å²) in [5.41, 5.74) is 9.35. The maximum Gasteiger partial charge on any atom is 0.0648 e. The molecule has 0 amide bonds. The molecule has 1 aliphatic heterocycles. The number of aryl methyl sites for hydroxylation is 2. The van der Waals surface area contributed by atoms with Gasteiger partial charge in [-0.3, -0.25) is 4.99 Å². The van der Waals surface area contributed by atoms with E-state index in [1.807, 2.05) is 27.1 Å². The Morgan fingerprint density at radius 1 is 1.00 bits per heavy atom. The first kappa shape index (κ1) is 25.0. The zero-order chi connectivity index (χ0) is 24.9. The van der Waals surface area contributed by atoms with Crippen LogP contribution in [0.25, 0.3) is 5.57 Å². The Balaban J connectivity index is 0.00000141. The van der Waals surface area contributed by atoms with Crippen LogP contribution in [-0.4, -0.2) is 17.8 Å². The fourth-order valence-electron chi connectivity index (χ4n) is 5.98.